The molecule has 0 bridgehead atoms. The van der Waals surface area contributed by atoms with Gasteiger partial charge < -0.3 is 10.3 Å². The monoisotopic (exact) mass is 400 g/mol. The highest BCUT2D eigenvalue weighted by molar-refractivity contribution is 7.98. The predicted octanol–water partition coefficient (Wildman–Crippen LogP) is 4.18. The Morgan fingerprint density at radius 2 is 1.69 bits per heavy atom. The minimum atomic E-state index is 0.474. The molecule has 0 fully saturated rings. The van der Waals surface area contributed by atoms with Gasteiger partial charge in [0, 0.05) is 17.8 Å². The van der Waals surface area contributed by atoms with Gasteiger partial charge in [0.25, 0.3) is 0 Å². The predicted molar refractivity (Wildman–Crippen MR) is 118 cm³/mol. The van der Waals surface area contributed by atoms with E-state index in [1.54, 1.807) is 18.0 Å². The number of fused-ring (bicyclic) bond motifs is 3. The maximum absolute atomic E-state index is 6.23. The SMILES string of the molecule is CSc1nc2c(N)nc3ccccc3c2n1Cc1ccc(Cn2cccn2)cc1. The van der Waals surface area contributed by atoms with Crippen molar-refractivity contribution >= 4 is 39.5 Å². The van der Waals surface area contributed by atoms with Gasteiger partial charge in [-0.15, -0.1) is 0 Å². The first-order valence-corrected chi connectivity index (χ1v) is 10.6. The van der Waals surface area contributed by atoms with Crippen LogP contribution in [0.1, 0.15) is 11.1 Å². The summed E-state index contributed by atoms with van der Waals surface area (Å²) in [6, 6.07) is 18.7. The number of para-hydroxylation sites is 1. The number of thioether (sulfide) groups is 1. The van der Waals surface area contributed by atoms with Gasteiger partial charge in [0.1, 0.15) is 5.52 Å². The van der Waals surface area contributed by atoms with E-state index in [4.69, 9.17) is 10.7 Å². The molecule has 0 saturated carbocycles. The van der Waals surface area contributed by atoms with Gasteiger partial charge in [-0.3, -0.25) is 4.68 Å². The summed E-state index contributed by atoms with van der Waals surface area (Å²) in [5, 5.41) is 6.28. The fourth-order valence-electron chi connectivity index (χ4n) is 3.65. The molecular formula is C22H20N6S. The third kappa shape index (κ3) is 3.23. The average Bonchev–Trinajstić information content (AvgIpc) is 3.38. The van der Waals surface area contributed by atoms with Crippen LogP contribution in [0, 0.1) is 0 Å². The third-order valence-electron chi connectivity index (χ3n) is 5.03. The lowest BCUT2D eigenvalue weighted by Crippen LogP contribution is -2.03. The van der Waals surface area contributed by atoms with Crippen LogP contribution in [0.3, 0.4) is 0 Å². The Labute approximate surface area is 172 Å². The van der Waals surface area contributed by atoms with E-state index in [-0.39, 0.29) is 0 Å². The molecule has 5 aromatic rings. The summed E-state index contributed by atoms with van der Waals surface area (Å²) in [6.07, 6.45) is 5.81. The molecule has 3 heterocycles. The first-order valence-electron chi connectivity index (χ1n) is 9.36. The summed E-state index contributed by atoms with van der Waals surface area (Å²) in [7, 11) is 0. The van der Waals surface area contributed by atoms with Gasteiger partial charge in [0.2, 0.25) is 0 Å². The fraction of sp³-hybridized carbons (Fsp3) is 0.136. The standard InChI is InChI=1S/C22H20N6S/c1-29-22-26-19-20(17-5-2-3-6-18(17)25-21(19)23)28(22)14-16-9-7-15(8-10-16)13-27-12-4-11-24-27/h2-12H,13-14H2,1H3,(H2,23,25). The van der Waals surface area contributed by atoms with E-state index < -0.39 is 0 Å². The van der Waals surface area contributed by atoms with Crippen LogP contribution < -0.4 is 5.73 Å². The Balaban J connectivity index is 1.56. The first-order chi connectivity index (χ1) is 14.2. The molecule has 0 aliphatic heterocycles. The van der Waals surface area contributed by atoms with Crippen molar-refractivity contribution in [2.75, 3.05) is 12.0 Å². The lowest BCUT2D eigenvalue weighted by Gasteiger charge is -2.11. The number of pyridine rings is 1. The van der Waals surface area contributed by atoms with Gasteiger partial charge in [-0.25, -0.2) is 9.97 Å². The molecule has 29 heavy (non-hydrogen) atoms. The van der Waals surface area contributed by atoms with E-state index in [0.29, 0.717) is 5.82 Å². The summed E-state index contributed by atoms with van der Waals surface area (Å²) >= 11 is 1.62. The van der Waals surface area contributed by atoms with Crippen molar-refractivity contribution < 1.29 is 0 Å². The molecule has 0 aliphatic carbocycles. The van der Waals surface area contributed by atoms with Gasteiger partial charge in [-0.2, -0.15) is 5.10 Å². The lowest BCUT2D eigenvalue weighted by atomic mass is 10.1. The molecule has 0 saturated heterocycles. The number of hydrogen-bond acceptors (Lipinski definition) is 5. The molecule has 144 valence electrons. The second kappa shape index (κ2) is 7.25. The number of aromatic nitrogens is 5. The van der Waals surface area contributed by atoms with Crippen LogP contribution in [0.4, 0.5) is 5.82 Å². The summed E-state index contributed by atoms with van der Waals surface area (Å²) in [5.74, 6) is 0.474. The number of rotatable bonds is 5. The van der Waals surface area contributed by atoms with Crippen molar-refractivity contribution in [2.24, 2.45) is 0 Å². The molecule has 3 aromatic heterocycles. The highest BCUT2D eigenvalue weighted by Gasteiger charge is 2.17. The third-order valence-corrected chi connectivity index (χ3v) is 5.70. The van der Waals surface area contributed by atoms with Crippen molar-refractivity contribution in [1.29, 1.82) is 0 Å². The van der Waals surface area contributed by atoms with E-state index in [0.717, 1.165) is 40.2 Å². The first kappa shape index (κ1) is 17.8. The number of hydrogen-bond donors (Lipinski definition) is 1. The molecule has 0 atom stereocenters. The topological polar surface area (TPSA) is 74.5 Å². The van der Waals surface area contributed by atoms with Crippen molar-refractivity contribution in [3.8, 4) is 0 Å². The Hall–Kier alpha value is -3.32. The van der Waals surface area contributed by atoms with Gasteiger partial charge >= 0.3 is 0 Å². The van der Waals surface area contributed by atoms with Gasteiger partial charge in [0.05, 0.1) is 24.1 Å². The van der Waals surface area contributed by atoms with Crippen LogP contribution in [0.25, 0.3) is 21.9 Å². The Morgan fingerprint density at radius 1 is 0.931 bits per heavy atom. The van der Waals surface area contributed by atoms with Crippen LogP contribution in [0.5, 0.6) is 0 Å². The molecule has 7 heteroatoms. The van der Waals surface area contributed by atoms with E-state index in [9.17, 15) is 0 Å². The second-order valence-electron chi connectivity index (χ2n) is 6.92. The largest absolute Gasteiger partial charge is 0.382 e. The molecule has 0 aliphatic rings. The Morgan fingerprint density at radius 3 is 2.41 bits per heavy atom. The number of anilines is 1. The van der Waals surface area contributed by atoms with E-state index in [2.05, 4.69) is 45.0 Å². The smallest absolute Gasteiger partial charge is 0.169 e. The van der Waals surface area contributed by atoms with Crippen LogP contribution in [0.15, 0.2) is 72.1 Å². The summed E-state index contributed by atoms with van der Waals surface area (Å²) < 4.78 is 4.16. The Bertz CT molecular complexity index is 1290. The highest BCUT2D eigenvalue weighted by Crippen LogP contribution is 2.32. The minimum Gasteiger partial charge on any atom is -0.382 e. The minimum absolute atomic E-state index is 0.474. The molecule has 0 amide bonds. The van der Waals surface area contributed by atoms with Crippen molar-refractivity contribution in [1.82, 2.24) is 24.3 Å². The molecule has 2 aromatic carbocycles. The zero-order valence-electron chi connectivity index (χ0n) is 16.0. The van der Waals surface area contributed by atoms with Crippen LogP contribution in [0.2, 0.25) is 0 Å². The van der Waals surface area contributed by atoms with Crippen molar-refractivity contribution in [3.05, 3.63) is 78.1 Å². The normalized spacial score (nSPS) is 11.5. The number of nitrogens with zero attached hydrogens (tertiary/aromatic N) is 5. The van der Waals surface area contributed by atoms with Crippen molar-refractivity contribution in [2.45, 2.75) is 18.2 Å². The fourth-order valence-corrected chi connectivity index (χ4v) is 4.21. The lowest BCUT2D eigenvalue weighted by molar-refractivity contribution is 0.685. The van der Waals surface area contributed by atoms with Gasteiger partial charge in [0.15, 0.2) is 11.0 Å². The Kier molecular flexibility index (Phi) is 4.44. The summed E-state index contributed by atoms with van der Waals surface area (Å²) in [6.45, 7) is 1.49. The van der Waals surface area contributed by atoms with E-state index >= 15 is 0 Å². The highest BCUT2D eigenvalue weighted by atomic mass is 32.2. The average molecular weight is 401 g/mol. The van der Waals surface area contributed by atoms with Crippen molar-refractivity contribution in [3.63, 3.8) is 0 Å². The van der Waals surface area contributed by atoms with E-state index in [1.807, 2.05) is 41.4 Å². The van der Waals surface area contributed by atoms with E-state index in [1.165, 1.54) is 11.1 Å². The van der Waals surface area contributed by atoms with Gasteiger partial charge in [-0.05, 0) is 29.5 Å². The zero-order chi connectivity index (χ0) is 19.8. The summed E-state index contributed by atoms with van der Waals surface area (Å²) in [5.41, 5.74) is 11.4. The van der Waals surface area contributed by atoms with Crippen LogP contribution in [-0.2, 0) is 13.1 Å². The molecule has 0 radical (unpaired) electrons. The molecule has 2 N–H and O–H groups in total. The molecule has 5 rings (SSSR count). The zero-order valence-corrected chi connectivity index (χ0v) is 16.8. The number of benzene rings is 2. The maximum atomic E-state index is 6.23. The maximum Gasteiger partial charge on any atom is 0.169 e. The number of imidazole rings is 1. The summed E-state index contributed by atoms with van der Waals surface area (Å²) in [4.78, 5) is 9.30. The number of nitrogen functional groups attached to an aromatic ring is 1. The molecule has 0 unspecified atom stereocenters. The molecular weight excluding hydrogens is 380 g/mol. The van der Waals surface area contributed by atoms with Crippen LogP contribution in [-0.4, -0.2) is 30.6 Å². The molecule has 0 spiro atoms. The van der Waals surface area contributed by atoms with Gasteiger partial charge in [-0.1, -0.05) is 54.2 Å². The molecule has 6 nitrogen and oxygen atoms in total. The number of nitrogens with two attached hydrogens (primary N) is 1. The quantitative estimate of drug-likeness (QED) is 0.448. The van der Waals surface area contributed by atoms with Crippen LogP contribution >= 0.6 is 11.8 Å². The second-order valence-corrected chi connectivity index (χ2v) is 7.69.